The molecule has 1 aromatic carbocycles. The van der Waals surface area contributed by atoms with Crippen molar-refractivity contribution in [3.05, 3.63) is 53.2 Å². The molecule has 2 amide bonds. The van der Waals surface area contributed by atoms with Crippen LogP contribution in [-0.2, 0) is 4.79 Å². The Morgan fingerprint density at radius 1 is 0.906 bits per heavy atom. The van der Waals surface area contributed by atoms with Gasteiger partial charge in [0.25, 0.3) is 5.91 Å². The van der Waals surface area contributed by atoms with E-state index in [1.807, 2.05) is 23.6 Å². The number of piperazine rings is 2. The summed E-state index contributed by atoms with van der Waals surface area (Å²) in [4.78, 5) is 33.6. The van der Waals surface area contributed by atoms with Crippen molar-refractivity contribution in [3.63, 3.8) is 0 Å². The Kier molecular flexibility index (Phi) is 6.79. The van der Waals surface area contributed by atoms with Crippen molar-refractivity contribution >= 4 is 17.5 Å². The molecule has 0 spiro atoms. The van der Waals surface area contributed by atoms with E-state index in [1.54, 1.807) is 18.2 Å². The Bertz CT molecular complexity index is 943. The van der Waals surface area contributed by atoms with E-state index < -0.39 is 0 Å². The first kappa shape index (κ1) is 22.3. The molecule has 2 aliphatic heterocycles. The standard InChI is InChI=1S/C24H31FN4O3/c1-18-17-22(19(2)32-18)24(31)29-11-9-26(10-12-29)8-7-23(30)28-15-13-27(14-16-28)21-5-3-20(25)4-6-21/h3-6,17H,7-16H2,1-2H3. The van der Waals surface area contributed by atoms with Gasteiger partial charge in [0, 0.05) is 71.0 Å². The maximum absolute atomic E-state index is 13.1. The molecule has 0 aliphatic carbocycles. The van der Waals surface area contributed by atoms with Crippen molar-refractivity contribution in [2.75, 3.05) is 63.8 Å². The summed E-state index contributed by atoms with van der Waals surface area (Å²) in [5, 5.41) is 0. The number of amides is 2. The molecule has 0 bridgehead atoms. The lowest BCUT2D eigenvalue weighted by atomic mass is 10.2. The van der Waals surface area contributed by atoms with Crippen molar-refractivity contribution in [2.24, 2.45) is 0 Å². The summed E-state index contributed by atoms with van der Waals surface area (Å²) in [7, 11) is 0. The zero-order valence-corrected chi connectivity index (χ0v) is 18.8. The highest BCUT2D eigenvalue weighted by molar-refractivity contribution is 5.95. The van der Waals surface area contributed by atoms with Crippen molar-refractivity contribution in [1.82, 2.24) is 14.7 Å². The Hall–Kier alpha value is -2.87. The zero-order chi connectivity index (χ0) is 22.7. The van der Waals surface area contributed by atoms with E-state index in [9.17, 15) is 14.0 Å². The third-order valence-electron chi connectivity index (χ3n) is 6.40. The molecule has 172 valence electrons. The van der Waals surface area contributed by atoms with E-state index in [2.05, 4.69) is 9.80 Å². The Labute approximate surface area is 188 Å². The molecule has 2 saturated heterocycles. The highest BCUT2D eigenvalue weighted by Gasteiger charge is 2.26. The van der Waals surface area contributed by atoms with Gasteiger partial charge in [-0.05, 0) is 44.2 Å². The van der Waals surface area contributed by atoms with E-state index in [1.165, 1.54) is 12.1 Å². The molecule has 32 heavy (non-hydrogen) atoms. The number of furan rings is 1. The number of hydrogen-bond acceptors (Lipinski definition) is 5. The van der Waals surface area contributed by atoms with Gasteiger partial charge in [-0.3, -0.25) is 14.5 Å². The van der Waals surface area contributed by atoms with Gasteiger partial charge in [0.15, 0.2) is 0 Å². The number of benzene rings is 1. The zero-order valence-electron chi connectivity index (χ0n) is 18.8. The van der Waals surface area contributed by atoms with Crippen molar-refractivity contribution in [2.45, 2.75) is 20.3 Å². The lowest BCUT2D eigenvalue weighted by Gasteiger charge is -2.37. The van der Waals surface area contributed by atoms with Gasteiger partial charge in [0.1, 0.15) is 17.3 Å². The highest BCUT2D eigenvalue weighted by Crippen LogP contribution is 2.19. The van der Waals surface area contributed by atoms with Crippen LogP contribution in [-0.4, -0.2) is 85.4 Å². The van der Waals surface area contributed by atoms with Crippen LogP contribution < -0.4 is 4.90 Å². The molecule has 2 aromatic rings. The SMILES string of the molecule is Cc1cc(C(=O)N2CCN(CCC(=O)N3CCN(c4ccc(F)cc4)CC3)CC2)c(C)o1. The van der Waals surface area contributed by atoms with Crippen molar-refractivity contribution in [1.29, 1.82) is 0 Å². The quantitative estimate of drug-likeness (QED) is 0.712. The van der Waals surface area contributed by atoms with E-state index in [0.29, 0.717) is 50.5 Å². The molecular weight excluding hydrogens is 411 g/mol. The molecule has 2 fully saturated rings. The first-order chi connectivity index (χ1) is 15.4. The maximum Gasteiger partial charge on any atom is 0.257 e. The average Bonchev–Trinajstić information content (AvgIpc) is 3.15. The fourth-order valence-electron chi connectivity index (χ4n) is 4.47. The van der Waals surface area contributed by atoms with Gasteiger partial charge in [0.05, 0.1) is 5.56 Å². The van der Waals surface area contributed by atoms with Crippen LogP contribution in [0.15, 0.2) is 34.7 Å². The highest BCUT2D eigenvalue weighted by atomic mass is 19.1. The molecule has 0 atom stereocenters. The largest absolute Gasteiger partial charge is 0.466 e. The van der Waals surface area contributed by atoms with E-state index in [0.717, 1.165) is 37.6 Å². The second kappa shape index (κ2) is 9.73. The number of nitrogens with zero attached hydrogens (tertiary/aromatic N) is 4. The summed E-state index contributed by atoms with van der Waals surface area (Å²) in [6.07, 6.45) is 0.491. The minimum absolute atomic E-state index is 0.0223. The molecule has 8 heteroatoms. The number of aryl methyl sites for hydroxylation is 2. The molecule has 3 heterocycles. The van der Waals surface area contributed by atoms with Crippen molar-refractivity contribution in [3.8, 4) is 0 Å². The van der Waals surface area contributed by atoms with Crippen LogP contribution in [0.4, 0.5) is 10.1 Å². The Morgan fingerprint density at radius 3 is 2.12 bits per heavy atom. The first-order valence-corrected chi connectivity index (χ1v) is 11.3. The van der Waals surface area contributed by atoms with Crippen LogP contribution in [0.3, 0.4) is 0 Å². The lowest BCUT2D eigenvalue weighted by molar-refractivity contribution is -0.131. The first-order valence-electron chi connectivity index (χ1n) is 11.3. The monoisotopic (exact) mass is 442 g/mol. The smallest absolute Gasteiger partial charge is 0.257 e. The van der Waals surface area contributed by atoms with Crippen LogP contribution in [0, 0.1) is 19.7 Å². The number of anilines is 1. The van der Waals surface area contributed by atoms with Gasteiger partial charge in [0.2, 0.25) is 5.91 Å². The molecule has 2 aliphatic rings. The summed E-state index contributed by atoms with van der Waals surface area (Å²) < 4.78 is 18.6. The van der Waals surface area contributed by atoms with E-state index >= 15 is 0 Å². The number of halogens is 1. The summed E-state index contributed by atoms with van der Waals surface area (Å²) in [6, 6.07) is 8.31. The maximum atomic E-state index is 13.1. The second-order valence-electron chi connectivity index (χ2n) is 8.56. The second-order valence-corrected chi connectivity index (χ2v) is 8.56. The molecule has 0 saturated carbocycles. The van der Waals surface area contributed by atoms with Gasteiger partial charge >= 0.3 is 0 Å². The Morgan fingerprint density at radius 2 is 1.53 bits per heavy atom. The van der Waals surface area contributed by atoms with Crippen LogP contribution in [0.25, 0.3) is 0 Å². The molecule has 0 unspecified atom stereocenters. The van der Waals surface area contributed by atoms with Crippen LogP contribution in [0.2, 0.25) is 0 Å². The summed E-state index contributed by atoms with van der Waals surface area (Å²) in [5.74, 6) is 1.38. The predicted molar refractivity (Wildman–Crippen MR) is 120 cm³/mol. The van der Waals surface area contributed by atoms with Gasteiger partial charge in [-0.2, -0.15) is 0 Å². The van der Waals surface area contributed by atoms with Gasteiger partial charge in [-0.25, -0.2) is 4.39 Å². The number of hydrogen-bond donors (Lipinski definition) is 0. The van der Waals surface area contributed by atoms with Gasteiger partial charge in [-0.15, -0.1) is 0 Å². The van der Waals surface area contributed by atoms with Crippen LogP contribution in [0.5, 0.6) is 0 Å². The number of carbonyl (C=O) groups is 2. The predicted octanol–water partition coefficient (Wildman–Crippen LogP) is 2.53. The third-order valence-corrected chi connectivity index (χ3v) is 6.40. The number of carbonyl (C=O) groups excluding carboxylic acids is 2. The fourth-order valence-corrected chi connectivity index (χ4v) is 4.47. The molecular formula is C24H31FN4O3. The minimum Gasteiger partial charge on any atom is -0.466 e. The minimum atomic E-state index is -0.237. The Balaban J connectivity index is 1.18. The van der Waals surface area contributed by atoms with Gasteiger partial charge < -0.3 is 19.1 Å². The topological polar surface area (TPSA) is 60.2 Å². The van der Waals surface area contributed by atoms with Crippen LogP contribution >= 0.6 is 0 Å². The molecule has 7 nitrogen and oxygen atoms in total. The lowest BCUT2D eigenvalue weighted by Crippen LogP contribution is -2.51. The fraction of sp³-hybridized carbons (Fsp3) is 0.500. The van der Waals surface area contributed by atoms with Crippen LogP contribution in [0.1, 0.15) is 28.3 Å². The van der Waals surface area contributed by atoms with Crippen molar-refractivity contribution < 1.29 is 18.4 Å². The van der Waals surface area contributed by atoms with E-state index in [-0.39, 0.29) is 17.6 Å². The third kappa shape index (κ3) is 5.12. The molecule has 4 rings (SSSR count). The molecule has 1 aromatic heterocycles. The summed E-state index contributed by atoms with van der Waals surface area (Å²) >= 11 is 0. The summed E-state index contributed by atoms with van der Waals surface area (Å²) in [6.45, 7) is 10.1. The average molecular weight is 443 g/mol. The normalized spacial score (nSPS) is 17.7. The molecule has 0 radical (unpaired) electrons. The van der Waals surface area contributed by atoms with E-state index in [4.69, 9.17) is 4.42 Å². The number of rotatable bonds is 5. The van der Waals surface area contributed by atoms with Gasteiger partial charge in [-0.1, -0.05) is 0 Å². The molecule has 0 N–H and O–H groups in total. The summed E-state index contributed by atoms with van der Waals surface area (Å²) in [5.41, 5.74) is 1.64.